The first-order valence-corrected chi connectivity index (χ1v) is 14.1. The van der Waals surface area contributed by atoms with Gasteiger partial charge >= 0.3 is 0 Å². The highest BCUT2D eigenvalue weighted by Gasteiger charge is 2.22. The van der Waals surface area contributed by atoms with Crippen LogP contribution in [0.2, 0.25) is 0 Å². The molecule has 0 aromatic heterocycles. The molecule has 0 aliphatic heterocycles. The number of rotatable bonds is 10. The second-order valence-electron chi connectivity index (χ2n) is 8.88. The number of anilines is 2. The van der Waals surface area contributed by atoms with Gasteiger partial charge in [0.25, 0.3) is 5.91 Å². The maximum absolute atomic E-state index is 13.0. The van der Waals surface area contributed by atoms with Crippen LogP contribution in [0.4, 0.5) is 11.4 Å². The van der Waals surface area contributed by atoms with Gasteiger partial charge in [-0.1, -0.05) is 60.7 Å². The van der Waals surface area contributed by atoms with Crippen molar-refractivity contribution >= 4 is 33.2 Å². The molecule has 200 valence electrons. The van der Waals surface area contributed by atoms with Gasteiger partial charge in [0.15, 0.2) is 0 Å². The lowest BCUT2D eigenvalue weighted by atomic mass is 10.1. The topological polar surface area (TPSA) is 105 Å². The molecule has 4 aromatic carbocycles. The molecule has 2 amide bonds. The highest BCUT2D eigenvalue weighted by Crippen LogP contribution is 2.26. The Hall–Kier alpha value is -4.63. The molecule has 9 heteroatoms. The molecule has 4 aromatic rings. The van der Waals surface area contributed by atoms with Gasteiger partial charge in [-0.15, -0.1) is 0 Å². The van der Waals surface area contributed by atoms with Crippen LogP contribution >= 0.6 is 0 Å². The molecule has 0 saturated heterocycles. The second kappa shape index (κ2) is 12.3. The summed E-state index contributed by atoms with van der Waals surface area (Å²) in [7, 11) is -3.80. The maximum atomic E-state index is 13.0. The summed E-state index contributed by atoms with van der Waals surface area (Å²) >= 11 is 0. The third-order valence-corrected chi connectivity index (χ3v) is 7.02. The molecule has 0 spiro atoms. The number of hydrogen-bond acceptors (Lipinski definition) is 5. The molecule has 8 nitrogen and oxygen atoms in total. The molecule has 0 radical (unpaired) electrons. The van der Waals surface area contributed by atoms with Crippen molar-refractivity contribution < 1.29 is 22.7 Å². The predicted molar refractivity (Wildman–Crippen MR) is 153 cm³/mol. The van der Waals surface area contributed by atoms with Crippen molar-refractivity contribution in [1.29, 1.82) is 0 Å². The molecule has 4 rings (SSSR count). The van der Waals surface area contributed by atoms with Crippen LogP contribution in [-0.2, 0) is 14.8 Å². The summed E-state index contributed by atoms with van der Waals surface area (Å²) in [6.07, 6.45) is 1.03. The summed E-state index contributed by atoms with van der Waals surface area (Å²) in [5.41, 5.74) is 1.79. The smallest absolute Gasteiger partial charge is 0.253 e. The van der Waals surface area contributed by atoms with Crippen LogP contribution < -0.4 is 19.7 Å². The van der Waals surface area contributed by atoms with Crippen LogP contribution in [0.1, 0.15) is 28.9 Å². The summed E-state index contributed by atoms with van der Waals surface area (Å²) < 4.78 is 31.9. The first-order valence-electron chi connectivity index (χ1n) is 12.3. The summed E-state index contributed by atoms with van der Waals surface area (Å²) in [6, 6.07) is 31.4. The van der Waals surface area contributed by atoms with Gasteiger partial charge in [0, 0.05) is 0 Å². The van der Waals surface area contributed by atoms with E-state index in [1.165, 1.54) is 0 Å². The van der Waals surface area contributed by atoms with Crippen molar-refractivity contribution in [3.63, 3.8) is 0 Å². The molecular weight excluding hydrogens is 514 g/mol. The van der Waals surface area contributed by atoms with Gasteiger partial charge < -0.3 is 15.4 Å². The molecule has 0 aliphatic carbocycles. The molecule has 0 heterocycles. The van der Waals surface area contributed by atoms with Gasteiger partial charge in [0.1, 0.15) is 18.0 Å². The number of amides is 2. The number of para-hydroxylation sites is 2. The van der Waals surface area contributed by atoms with E-state index in [4.69, 9.17) is 4.74 Å². The lowest BCUT2D eigenvalue weighted by molar-refractivity contribution is -0.114. The Labute approximate surface area is 228 Å². The number of nitrogens with one attached hydrogen (secondary N) is 2. The fraction of sp³-hybridized carbons (Fsp3) is 0.133. The van der Waals surface area contributed by atoms with Crippen LogP contribution in [0.15, 0.2) is 109 Å². The molecule has 1 atom stereocenters. The van der Waals surface area contributed by atoms with Crippen molar-refractivity contribution in [2.24, 2.45) is 0 Å². The summed E-state index contributed by atoms with van der Waals surface area (Å²) in [6.45, 7) is 1.39. The minimum atomic E-state index is -3.80. The van der Waals surface area contributed by atoms with Crippen molar-refractivity contribution in [2.45, 2.75) is 13.0 Å². The zero-order valence-electron chi connectivity index (χ0n) is 21.6. The largest absolute Gasteiger partial charge is 0.457 e. The summed E-state index contributed by atoms with van der Waals surface area (Å²) in [5, 5.41) is 5.62. The Kier molecular flexibility index (Phi) is 8.63. The molecule has 0 unspecified atom stereocenters. The first-order chi connectivity index (χ1) is 18.7. The van der Waals surface area contributed by atoms with Crippen LogP contribution in [0.3, 0.4) is 0 Å². The number of nitrogens with zero attached hydrogens (tertiary/aromatic N) is 1. The van der Waals surface area contributed by atoms with Gasteiger partial charge in [-0.05, 0) is 61.0 Å². The van der Waals surface area contributed by atoms with E-state index in [9.17, 15) is 18.0 Å². The van der Waals surface area contributed by atoms with E-state index in [2.05, 4.69) is 10.6 Å². The zero-order chi connectivity index (χ0) is 27.8. The van der Waals surface area contributed by atoms with E-state index in [-0.39, 0.29) is 23.2 Å². The molecular formula is C30H29N3O5S. The molecule has 2 N–H and O–H groups in total. The number of benzene rings is 4. The zero-order valence-corrected chi connectivity index (χ0v) is 22.4. The standard InChI is InChI=1S/C30H29N3O5S/c1-22(23-11-5-3-6-12-23)31-30(35)27-15-9-10-16-28(27)32-29(34)21-33(39(2,36)37)24-17-19-26(20-18-24)38-25-13-7-4-8-14-25/h3-20,22H,21H2,1-2H3,(H,31,35)(H,32,34)/t22-/m1/s1. The molecule has 0 bridgehead atoms. The number of carbonyl (C=O) groups is 2. The molecule has 0 saturated carbocycles. The van der Waals surface area contributed by atoms with Crippen molar-refractivity contribution in [3.05, 3.63) is 120 Å². The fourth-order valence-corrected chi connectivity index (χ4v) is 4.77. The fourth-order valence-electron chi connectivity index (χ4n) is 3.91. The van der Waals surface area contributed by atoms with Crippen LogP contribution in [-0.4, -0.2) is 33.0 Å². The predicted octanol–water partition coefficient (Wildman–Crippen LogP) is 5.37. The van der Waals surface area contributed by atoms with Gasteiger partial charge in [0.2, 0.25) is 15.9 Å². The Balaban J connectivity index is 1.46. The van der Waals surface area contributed by atoms with Crippen LogP contribution in [0.5, 0.6) is 11.5 Å². The average molecular weight is 544 g/mol. The van der Waals surface area contributed by atoms with Crippen molar-refractivity contribution in [3.8, 4) is 11.5 Å². The highest BCUT2D eigenvalue weighted by molar-refractivity contribution is 7.92. The number of carbonyl (C=O) groups excluding carboxylic acids is 2. The average Bonchev–Trinajstić information content (AvgIpc) is 2.93. The van der Waals surface area contributed by atoms with E-state index >= 15 is 0 Å². The SMILES string of the molecule is C[C@@H](NC(=O)c1ccccc1NC(=O)CN(c1ccc(Oc2ccccc2)cc1)S(C)(=O)=O)c1ccccc1. The lowest BCUT2D eigenvalue weighted by Crippen LogP contribution is -2.37. The maximum Gasteiger partial charge on any atom is 0.253 e. The Morgan fingerprint density at radius 3 is 2.00 bits per heavy atom. The third kappa shape index (κ3) is 7.45. The summed E-state index contributed by atoms with van der Waals surface area (Å²) in [5.74, 6) is 0.204. The third-order valence-electron chi connectivity index (χ3n) is 5.88. The van der Waals surface area contributed by atoms with Crippen molar-refractivity contribution in [1.82, 2.24) is 5.32 Å². The normalized spacial score (nSPS) is 11.7. The lowest BCUT2D eigenvalue weighted by Gasteiger charge is -2.22. The first kappa shape index (κ1) is 27.4. The number of hydrogen-bond donors (Lipinski definition) is 2. The molecule has 39 heavy (non-hydrogen) atoms. The van der Waals surface area contributed by atoms with E-state index in [0.717, 1.165) is 16.1 Å². The summed E-state index contributed by atoms with van der Waals surface area (Å²) in [4.78, 5) is 26.0. The monoisotopic (exact) mass is 543 g/mol. The van der Waals surface area contributed by atoms with E-state index in [1.54, 1.807) is 48.5 Å². The van der Waals surface area contributed by atoms with Crippen LogP contribution in [0.25, 0.3) is 0 Å². The van der Waals surface area contributed by atoms with E-state index < -0.39 is 22.5 Å². The number of sulfonamides is 1. The highest BCUT2D eigenvalue weighted by atomic mass is 32.2. The Morgan fingerprint density at radius 1 is 0.795 bits per heavy atom. The Bertz CT molecular complexity index is 1530. The van der Waals surface area contributed by atoms with Gasteiger partial charge in [0.05, 0.1) is 29.2 Å². The van der Waals surface area contributed by atoms with Crippen molar-refractivity contribution in [2.75, 3.05) is 22.4 Å². The number of ether oxygens (including phenoxy) is 1. The minimum absolute atomic E-state index is 0.253. The van der Waals surface area contributed by atoms with E-state index in [1.807, 2.05) is 67.6 Å². The second-order valence-corrected chi connectivity index (χ2v) is 10.8. The van der Waals surface area contributed by atoms with E-state index in [0.29, 0.717) is 17.2 Å². The Morgan fingerprint density at radius 2 is 1.36 bits per heavy atom. The minimum Gasteiger partial charge on any atom is -0.457 e. The van der Waals surface area contributed by atoms with Gasteiger partial charge in [-0.25, -0.2) is 8.42 Å². The molecule has 0 fully saturated rings. The van der Waals surface area contributed by atoms with Gasteiger partial charge in [-0.2, -0.15) is 0 Å². The molecule has 0 aliphatic rings. The van der Waals surface area contributed by atoms with Crippen LogP contribution in [0, 0.1) is 0 Å². The van der Waals surface area contributed by atoms with Gasteiger partial charge in [-0.3, -0.25) is 13.9 Å². The quantitative estimate of drug-likeness (QED) is 0.280.